The van der Waals surface area contributed by atoms with Crippen molar-refractivity contribution in [3.05, 3.63) is 16.4 Å². The Balaban J connectivity index is 2.88. The highest BCUT2D eigenvalue weighted by Gasteiger charge is 2.13. The lowest BCUT2D eigenvalue weighted by Crippen LogP contribution is -2.01. The molecule has 0 aromatic carbocycles. The first kappa shape index (κ1) is 9.74. The third-order valence-electron chi connectivity index (χ3n) is 1.44. The Morgan fingerprint density at radius 3 is 3.00 bits per heavy atom. The second-order valence-electron chi connectivity index (χ2n) is 2.29. The van der Waals surface area contributed by atoms with Crippen LogP contribution in [0.15, 0.2) is 10.8 Å². The van der Waals surface area contributed by atoms with E-state index in [-0.39, 0.29) is 5.56 Å². The highest BCUT2D eigenvalue weighted by atomic mass is 79.9. The molecule has 0 spiro atoms. The van der Waals surface area contributed by atoms with Gasteiger partial charge in [0, 0.05) is 0 Å². The van der Waals surface area contributed by atoms with Crippen molar-refractivity contribution >= 4 is 21.9 Å². The standard InChI is InChI=1S/C7H6BrN3O2/c8-6-5(7(12)13)4-10-11(6)3-1-2-9/h4H,1,3H2,(H,12,13). The first-order chi connectivity index (χ1) is 6.16. The first-order valence-corrected chi connectivity index (χ1v) is 4.27. The van der Waals surface area contributed by atoms with Gasteiger partial charge in [-0.3, -0.25) is 4.68 Å². The lowest BCUT2D eigenvalue weighted by Gasteiger charge is -1.97. The van der Waals surface area contributed by atoms with E-state index in [0.717, 1.165) is 0 Å². The quantitative estimate of drug-likeness (QED) is 0.867. The second kappa shape index (κ2) is 4.05. The van der Waals surface area contributed by atoms with E-state index >= 15 is 0 Å². The zero-order valence-electron chi connectivity index (χ0n) is 6.57. The molecular weight excluding hydrogens is 238 g/mol. The Labute approximate surface area is 82.7 Å². The maximum absolute atomic E-state index is 10.6. The van der Waals surface area contributed by atoms with Crippen LogP contribution in [0.1, 0.15) is 16.8 Å². The maximum atomic E-state index is 10.6. The minimum Gasteiger partial charge on any atom is -0.478 e. The second-order valence-corrected chi connectivity index (χ2v) is 3.04. The third kappa shape index (κ3) is 2.06. The monoisotopic (exact) mass is 243 g/mol. The SMILES string of the molecule is N#CCCn1ncc(C(=O)O)c1Br. The Kier molecular flexibility index (Phi) is 3.03. The third-order valence-corrected chi connectivity index (χ3v) is 2.28. The van der Waals surface area contributed by atoms with E-state index in [1.54, 1.807) is 0 Å². The summed E-state index contributed by atoms with van der Waals surface area (Å²) in [6, 6.07) is 1.95. The highest BCUT2D eigenvalue weighted by molar-refractivity contribution is 9.10. The summed E-state index contributed by atoms with van der Waals surface area (Å²) in [4.78, 5) is 10.6. The van der Waals surface area contributed by atoms with Crippen LogP contribution in [-0.2, 0) is 6.54 Å². The molecule has 0 saturated heterocycles. The normalized spacial score (nSPS) is 9.54. The molecule has 68 valence electrons. The molecule has 0 unspecified atom stereocenters. The Morgan fingerprint density at radius 2 is 2.54 bits per heavy atom. The van der Waals surface area contributed by atoms with E-state index in [4.69, 9.17) is 10.4 Å². The molecule has 0 fully saturated rings. The molecule has 1 rings (SSSR count). The van der Waals surface area contributed by atoms with Crippen LogP contribution < -0.4 is 0 Å². The molecule has 6 heteroatoms. The molecule has 5 nitrogen and oxygen atoms in total. The number of aromatic nitrogens is 2. The van der Waals surface area contributed by atoms with Gasteiger partial charge >= 0.3 is 5.97 Å². The molecule has 0 amide bonds. The van der Waals surface area contributed by atoms with Crippen molar-refractivity contribution < 1.29 is 9.90 Å². The molecule has 0 aliphatic heterocycles. The van der Waals surface area contributed by atoms with Gasteiger partial charge in [-0.2, -0.15) is 10.4 Å². The van der Waals surface area contributed by atoms with Crippen molar-refractivity contribution in [2.45, 2.75) is 13.0 Å². The molecule has 1 aromatic rings. The van der Waals surface area contributed by atoms with Gasteiger partial charge in [0.25, 0.3) is 0 Å². The van der Waals surface area contributed by atoms with Crippen LogP contribution in [0.4, 0.5) is 0 Å². The number of halogens is 1. The Morgan fingerprint density at radius 1 is 1.85 bits per heavy atom. The molecule has 0 aliphatic carbocycles. The van der Waals surface area contributed by atoms with E-state index in [1.165, 1.54) is 10.9 Å². The van der Waals surface area contributed by atoms with E-state index in [2.05, 4.69) is 21.0 Å². The summed E-state index contributed by atoms with van der Waals surface area (Å²) in [6.07, 6.45) is 1.56. The summed E-state index contributed by atoms with van der Waals surface area (Å²) >= 11 is 3.09. The van der Waals surface area contributed by atoms with Crippen molar-refractivity contribution in [3.8, 4) is 6.07 Å². The van der Waals surface area contributed by atoms with Crippen molar-refractivity contribution in [2.24, 2.45) is 0 Å². The number of carbonyl (C=O) groups is 1. The predicted molar refractivity (Wildman–Crippen MR) is 47.1 cm³/mol. The minimum absolute atomic E-state index is 0.109. The fourth-order valence-electron chi connectivity index (χ4n) is 0.826. The number of hydrogen-bond acceptors (Lipinski definition) is 3. The molecule has 1 aromatic heterocycles. The lowest BCUT2D eigenvalue weighted by atomic mass is 10.4. The van der Waals surface area contributed by atoms with Crippen molar-refractivity contribution in [2.75, 3.05) is 0 Å². The number of aromatic carboxylic acids is 1. The fourth-order valence-corrected chi connectivity index (χ4v) is 1.37. The molecule has 1 N–H and O–H groups in total. The van der Waals surface area contributed by atoms with E-state index in [0.29, 0.717) is 17.6 Å². The molecule has 0 atom stereocenters. The van der Waals surface area contributed by atoms with Crippen LogP contribution in [0.25, 0.3) is 0 Å². The van der Waals surface area contributed by atoms with Crippen molar-refractivity contribution in [3.63, 3.8) is 0 Å². The topological polar surface area (TPSA) is 78.9 Å². The maximum Gasteiger partial charge on any atom is 0.340 e. The van der Waals surface area contributed by atoms with Crippen molar-refractivity contribution in [1.82, 2.24) is 9.78 Å². The van der Waals surface area contributed by atoms with Gasteiger partial charge in [-0.05, 0) is 15.9 Å². The average Bonchev–Trinajstić information content (AvgIpc) is 2.43. The molecular formula is C7H6BrN3O2. The summed E-state index contributed by atoms with van der Waals surface area (Å²) in [6.45, 7) is 0.393. The average molecular weight is 244 g/mol. The lowest BCUT2D eigenvalue weighted by molar-refractivity contribution is 0.0695. The summed E-state index contributed by atoms with van der Waals surface area (Å²) in [5.41, 5.74) is 0.109. The zero-order chi connectivity index (χ0) is 9.84. The van der Waals surface area contributed by atoms with Gasteiger partial charge in [-0.25, -0.2) is 4.79 Å². The van der Waals surface area contributed by atoms with Gasteiger partial charge in [0.15, 0.2) is 0 Å². The fraction of sp³-hybridized carbons (Fsp3) is 0.286. The number of nitriles is 1. The summed E-state index contributed by atoms with van der Waals surface area (Å²) in [5, 5.41) is 20.8. The van der Waals surface area contributed by atoms with Gasteiger partial charge in [0.05, 0.1) is 25.2 Å². The number of rotatable bonds is 3. The molecule has 0 saturated carbocycles. The number of aryl methyl sites for hydroxylation is 1. The minimum atomic E-state index is -1.03. The van der Waals surface area contributed by atoms with E-state index in [1.807, 2.05) is 6.07 Å². The van der Waals surface area contributed by atoms with E-state index in [9.17, 15) is 4.79 Å². The molecule has 0 radical (unpaired) electrons. The van der Waals surface area contributed by atoms with Crippen LogP contribution in [-0.4, -0.2) is 20.9 Å². The smallest absolute Gasteiger partial charge is 0.340 e. The zero-order valence-corrected chi connectivity index (χ0v) is 8.15. The van der Waals surface area contributed by atoms with Gasteiger partial charge in [0.1, 0.15) is 10.2 Å². The van der Waals surface area contributed by atoms with Crippen LogP contribution in [0.5, 0.6) is 0 Å². The number of carboxylic acid groups (broad SMARTS) is 1. The summed E-state index contributed by atoms with van der Waals surface area (Å²) < 4.78 is 1.84. The van der Waals surface area contributed by atoms with Crippen LogP contribution in [0, 0.1) is 11.3 Å². The van der Waals surface area contributed by atoms with Gasteiger partial charge in [-0.1, -0.05) is 0 Å². The summed E-state index contributed by atoms with van der Waals surface area (Å²) in [7, 11) is 0. The predicted octanol–water partition coefficient (Wildman–Crippen LogP) is 1.26. The van der Waals surface area contributed by atoms with Crippen LogP contribution in [0.2, 0.25) is 0 Å². The molecule has 13 heavy (non-hydrogen) atoms. The van der Waals surface area contributed by atoms with Gasteiger partial charge < -0.3 is 5.11 Å². The van der Waals surface area contributed by atoms with E-state index < -0.39 is 5.97 Å². The molecule has 0 bridgehead atoms. The molecule has 0 aliphatic rings. The Hall–Kier alpha value is -1.35. The molecule has 1 heterocycles. The summed E-state index contributed by atoms with van der Waals surface area (Å²) in [5.74, 6) is -1.03. The first-order valence-electron chi connectivity index (χ1n) is 3.48. The Bertz CT molecular complexity index is 366. The van der Waals surface area contributed by atoms with Crippen LogP contribution in [0.3, 0.4) is 0 Å². The van der Waals surface area contributed by atoms with Gasteiger partial charge in [-0.15, -0.1) is 0 Å². The van der Waals surface area contributed by atoms with Crippen molar-refractivity contribution in [1.29, 1.82) is 5.26 Å². The largest absolute Gasteiger partial charge is 0.478 e. The number of carboxylic acids is 1. The number of hydrogen-bond donors (Lipinski definition) is 1. The van der Waals surface area contributed by atoms with Gasteiger partial charge in [0.2, 0.25) is 0 Å². The highest BCUT2D eigenvalue weighted by Crippen LogP contribution is 2.16. The number of nitrogens with zero attached hydrogens (tertiary/aromatic N) is 3. The van der Waals surface area contributed by atoms with Crippen LogP contribution >= 0.6 is 15.9 Å².